The van der Waals surface area contributed by atoms with Crippen LogP contribution in [0.5, 0.6) is 0 Å². The molecule has 1 saturated heterocycles. The summed E-state index contributed by atoms with van der Waals surface area (Å²) in [5.74, 6) is 0.616. The zero-order chi connectivity index (χ0) is 15.7. The summed E-state index contributed by atoms with van der Waals surface area (Å²) < 4.78 is 0. The number of hydrogen-bond donors (Lipinski definition) is 1. The maximum absolute atomic E-state index is 12.3. The van der Waals surface area contributed by atoms with Crippen LogP contribution in [0.3, 0.4) is 0 Å². The summed E-state index contributed by atoms with van der Waals surface area (Å²) in [7, 11) is 0. The largest absolute Gasteiger partial charge is 0.347 e. The van der Waals surface area contributed by atoms with Crippen LogP contribution in [0.15, 0.2) is 6.20 Å². The minimum absolute atomic E-state index is 0.00602. The molecule has 0 aromatic carbocycles. The summed E-state index contributed by atoms with van der Waals surface area (Å²) >= 11 is 0. The highest BCUT2D eigenvalue weighted by molar-refractivity contribution is 5.83. The highest BCUT2D eigenvalue weighted by Crippen LogP contribution is 2.43. The molecule has 118 valence electrons. The second-order valence-electron chi connectivity index (χ2n) is 6.40. The topological polar surface area (TPSA) is 75.2 Å². The van der Waals surface area contributed by atoms with Crippen molar-refractivity contribution < 1.29 is 9.59 Å². The lowest BCUT2D eigenvalue weighted by molar-refractivity contribution is -0.134. The second-order valence-corrected chi connectivity index (χ2v) is 6.40. The Labute approximate surface area is 130 Å². The molecule has 2 heterocycles. The van der Waals surface area contributed by atoms with Crippen LogP contribution >= 0.6 is 0 Å². The molecule has 1 fully saturated rings. The molecule has 2 amide bonds. The van der Waals surface area contributed by atoms with Crippen LogP contribution in [-0.4, -0.2) is 46.3 Å². The minimum atomic E-state index is -0.172. The van der Waals surface area contributed by atoms with Crippen molar-refractivity contribution in [2.75, 3.05) is 19.6 Å². The van der Waals surface area contributed by atoms with E-state index < -0.39 is 0 Å². The number of rotatable bonds is 2. The SMILES string of the molecule is CC(=O)NCC(=O)N1CCCC2(CCc3cnc(C)nc32)C1. The Morgan fingerprint density at radius 1 is 1.41 bits per heavy atom. The molecule has 1 aromatic rings. The molecule has 1 aliphatic heterocycles. The predicted molar refractivity (Wildman–Crippen MR) is 81.3 cm³/mol. The third-order valence-electron chi connectivity index (χ3n) is 4.78. The first-order chi connectivity index (χ1) is 10.5. The van der Waals surface area contributed by atoms with Gasteiger partial charge in [0.25, 0.3) is 0 Å². The molecule has 6 nitrogen and oxygen atoms in total. The van der Waals surface area contributed by atoms with Gasteiger partial charge in [-0.1, -0.05) is 0 Å². The van der Waals surface area contributed by atoms with Crippen LogP contribution in [0.25, 0.3) is 0 Å². The normalized spacial score (nSPS) is 23.5. The first kappa shape index (κ1) is 14.9. The molecular formula is C16H22N4O2. The summed E-state index contributed by atoms with van der Waals surface area (Å²) in [5, 5.41) is 2.59. The van der Waals surface area contributed by atoms with Crippen molar-refractivity contribution in [1.29, 1.82) is 0 Å². The highest BCUT2D eigenvalue weighted by Gasteiger charge is 2.44. The van der Waals surface area contributed by atoms with Gasteiger partial charge in [0.05, 0.1) is 12.2 Å². The van der Waals surface area contributed by atoms with Crippen molar-refractivity contribution >= 4 is 11.8 Å². The molecule has 1 aliphatic carbocycles. The van der Waals surface area contributed by atoms with Gasteiger partial charge in [-0.25, -0.2) is 9.97 Å². The first-order valence-electron chi connectivity index (χ1n) is 7.85. The fraction of sp³-hybridized carbons (Fsp3) is 0.625. The van der Waals surface area contributed by atoms with Gasteiger partial charge in [-0.3, -0.25) is 9.59 Å². The van der Waals surface area contributed by atoms with Crippen molar-refractivity contribution in [1.82, 2.24) is 20.2 Å². The lowest BCUT2D eigenvalue weighted by atomic mass is 9.77. The van der Waals surface area contributed by atoms with E-state index in [2.05, 4.69) is 15.3 Å². The summed E-state index contributed by atoms with van der Waals surface area (Å²) in [4.78, 5) is 34.1. The van der Waals surface area contributed by atoms with E-state index in [1.165, 1.54) is 12.5 Å². The Balaban J connectivity index is 1.78. The monoisotopic (exact) mass is 302 g/mol. The number of fused-ring (bicyclic) bond motifs is 2. The predicted octanol–water partition coefficient (Wildman–Crippen LogP) is 0.728. The summed E-state index contributed by atoms with van der Waals surface area (Å²) in [6, 6.07) is 0. The zero-order valence-electron chi connectivity index (χ0n) is 13.2. The van der Waals surface area contributed by atoms with Crippen LogP contribution in [-0.2, 0) is 21.4 Å². The molecule has 1 spiro atoms. The third-order valence-corrected chi connectivity index (χ3v) is 4.78. The number of piperidine rings is 1. The fourth-order valence-corrected chi connectivity index (χ4v) is 3.68. The van der Waals surface area contributed by atoms with Gasteiger partial charge in [0, 0.05) is 31.6 Å². The quantitative estimate of drug-likeness (QED) is 0.874. The van der Waals surface area contributed by atoms with Crippen molar-refractivity contribution in [3.8, 4) is 0 Å². The van der Waals surface area contributed by atoms with Gasteiger partial charge >= 0.3 is 0 Å². The minimum Gasteiger partial charge on any atom is -0.347 e. The molecule has 1 unspecified atom stereocenters. The Morgan fingerprint density at radius 2 is 2.23 bits per heavy atom. The number of aromatic nitrogens is 2. The van der Waals surface area contributed by atoms with Crippen LogP contribution < -0.4 is 5.32 Å². The molecule has 0 saturated carbocycles. The maximum atomic E-state index is 12.3. The lowest BCUT2D eigenvalue weighted by Gasteiger charge is -2.40. The first-order valence-corrected chi connectivity index (χ1v) is 7.85. The van der Waals surface area contributed by atoms with Crippen LogP contribution in [0.4, 0.5) is 0 Å². The van der Waals surface area contributed by atoms with Crippen molar-refractivity contribution in [3.63, 3.8) is 0 Å². The lowest BCUT2D eigenvalue weighted by Crippen LogP contribution is -2.50. The Kier molecular flexibility index (Phi) is 3.85. The Bertz CT molecular complexity index is 612. The Morgan fingerprint density at radius 3 is 3.00 bits per heavy atom. The molecule has 0 radical (unpaired) electrons. The summed E-state index contributed by atoms with van der Waals surface area (Å²) in [6.45, 7) is 4.89. The molecule has 6 heteroatoms. The van der Waals surface area contributed by atoms with E-state index in [1.54, 1.807) is 0 Å². The molecule has 0 bridgehead atoms. The standard InChI is InChI=1S/C16H22N4O2/c1-11-17-8-13-4-6-16(15(13)19-11)5-3-7-20(10-16)14(22)9-18-12(2)21/h8H,3-7,9-10H2,1-2H3,(H,18,21). The molecular weight excluding hydrogens is 280 g/mol. The molecule has 3 rings (SSSR count). The van der Waals surface area contributed by atoms with E-state index in [9.17, 15) is 9.59 Å². The van der Waals surface area contributed by atoms with Gasteiger partial charge in [0.1, 0.15) is 5.82 Å². The fourth-order valence-electron chi connectivity index (χ4n) is 3.68. The number of hydrogen-bond acceptors (Lipinski definition) is 4. The second kappa shape index (κ2) is 5.66. The van der Waals surface area contributed by atoms with E-state index in [4.69, 9.17) is 0 Å². The zero-order valence-corrected chi connectivity index (χ0v) is 13.2. The Hall–Kier alpha value is -1.98. The van der Waals surface area contributed by atoms with Gasteiger partial charge in [-0.15, -0.1) is 0 Å². The smallest absolute Gasteiger partial charge is 0.241 e. The number of nitrogens with zero attached hydrogens (tertiary/aromatic N) is 3. The maximum Gasteiger partial charge on any atom is 0.241 e. The van der Waals surface area contributed by atoms with Crippen LogP contribution in [0, 0.1) is 6.92 Å². The number of nitrogens with one attached hydrogen (secondary N) is 1. The number of likely N-dealkylation sites (tertiary alicyclic amines) is 1. The van der Waals surface area contributed by atoms with Crippen molar-refractivity contribution in [2.45, 2.75) is 44.9 Å². The number of aryl methyl sites for hydroxylation is 2. The number of carbonyl (C=O) groups is 2. The molecule has 22 heavy (non-hydrogen) atoms. The summed E-state index contributed by atoms with van der Waals surface area (Å²) in [5.41, 5.74) is 2.34. The number of carbonyl (C=O) groups excluding carboxylic acids is 2. The van der Waals surface area contributed by atoms with Gasteiger partial charge in [0.2, 0.25) is 11.8 Å². The van der Waals surface area contributed by atoms with E-state index in [0.717, 1.165) is 43.7 Å². The van der Waals surface area contributed by atoms with E-state index >= 15 is 0 Å². The molecule has 1 N–H and O–H groups in total. The average Bonchev–Trinajstić information content (AvgIpc) is 2.83. The molecule has 1 atom stereocenters. The van der Waals surface area contributed by atoms with E-state index in [-0.39, 0.29) is 23.8 Å². The van der Waals surface area contributed by atoms with E-state index in [1.807, 2.05) is 18.0 Å². The average molecular weight is 302 g/mol. The third kappa shape index (κ3) is 2.69. The van der Waals surface area contributed by atoms with Crippen molar-refractivity contribution in [2.24, 2.45) is 0 Å². The molecule has 2 aliphatic rings. The van der Waals surface area contributed by atoms with E-state index in [0.29, 0.717) is 6.54 Å². The van der Waals surface area contributed by atoms with Crippen molar-refractivity contribution in [3.05, 3.63) is 23.3 Å². The van der Waals surface area contributed by atoms with Gasteiger partial charge in [-0.05, 0) is 38.2 Å². The van der Waals surface area contributed by atoms with Gasteiger partial charge in [0.15, 0.2) is 0 Å². The highest BCUT2D eigenvalue weighted by atomic mass is 16.2. The molecule has 1 aromatic heterocycles. The van der Waals surface area contributed by atoms with Crippen LogP contribution in [0.1, 0.15) is 43.3 Å². The van der Waals surface area contributed by atoms with Gasteiger partial charge in [-0.2, -0.15) is 0 Å². The number of amides is 2. The van der Waals surface area contributed by atoms with Crippen LogP contribution in [0.2, 0.25) is 0 Å². The van der Waals surface area contributed by atoms with Gasteiger partial charge < -0.3 is 10.2 Å². The summed E-state index contributed by atoms with van der Waals surface area (Å²) in [6.07, 6.45) is 6.01.